The maximum Gasteiger partial charge on any atom is 1.00 e. The van der Waals surface area contributed by atoms with E-state index in [2.05, 4.69) is 6.92 Å². The third-order valence-electron chi connectivity index (χ3n) is 0. The topological polar surface area (TPSA) is 23.8 Å². The maximum absolute atomic E-state index is 7.21. The predicted molar refractivity (Wildman–Crippen MR) is 16.7 cm³/mol. The van der Waals surface area contributed by atoms with Gasteiger partial charge >= 0.3 is 17.1 Å². The van der Waals surface area contributed by atoms with E-state index in [-0.39, 0.29) is 35.9 Å². The van der Waals surface area contributed by atoms with Gasteiger partial charge in [-0.05, 0) is 0 Å². The van der Waals surface area contributed by atoms with Crippen molar-refractivity contribution >= 4 is 18.9 Å². The van der Waals surface area contributed by atoms with E-state index < -0.39 is 0 Å². The molecule has 0 aliphatic carbocycles. The summed E-state index contributed by atoms with van der Waals surface area (Å²) in [5, 5.41) is 7.21. The fourth-order valence-electron chi connectivity index (χ4n) is 0. The Balaban J connectivity index is -0.0000000200. The van der Waals surface area contributed by atoms with E-state index in [0.29, 0.717) is 0 Å². The first kappa shape index (κ1) is 17.9. The first-order chi connectivity index (χ1) is 1.41. The molecule has 3 heteroatoms. The van der Waals surface area contributed by atoms with Crippen LogP contribution in [0.5, 0.6) is 0 Å². The third kappa shape index (κ3) is 121. The Morgan fingerprint density at radius 1 is 1.60 bits per heavy atom. The predicted octanol–water partition coefficient (Wildman–Crippen LogP) is -0.0392. The van der Waals surface area contributed by atoms with Crippen LogP contribution in [0.4, 0.5) is 0 Å². The maximum atomic E-state index is 7.21. The van der Waals surface area contributed by atoms with Gasteiger partial charge in [-0.25, -0.2) is 5.26 Å². The first-order valence-electron chi connectivity index (χ1n) is 0.577. The molecule has 0 aliphatic heterocycles. The number of nitrogens with zero attached hydrogens (tertiary/aromatic N) is 1. The summed E-state index contributed by atoms with van der Waals surface area (Å²) >= 11 is 0. The summed E-state index contributed by atoms with van der Waals surface area (Å²) in [7, 11) is 0. The Bertz CT molecular complexity index is 31.1. The van der Waals surface area contributed by atoms with Crippen LogP contribution < -0.4 is 0 Å². The van der Waals surface area contributed by atoms with Crippen molar-refractivity contribution in [2.45, 2.75) is 0 Å². The van der Waals surface area contributed by atoms with Gasteiger partial charge in [0, 0.05) is 18.9 Å². The summed E-state index contributed by atoms with van der Waals surface area (Å²) in [6, 6.07) is 1.50. The quantitative estimate of drug-likeness (QED) is 0.317. The molecular formula is C2H2CuLiN. The molecule has 0 fully saturated rings. The molecule has 0 unspecified atom stereocenters. The number of nitriles is 1. The van der Waals surface area contributed by atoms with Crippen molar-refractivity contribution < 1.29 is 17.1 Å². The normalized spacial score (nSPS) is 1.40. The molecule has 5 heavy (non-hydrogen) atoms. The van der Waals surface area contributed by atoms with Crippen molar-refractivity contribution in [2.75, 3.05) is 0 Å². The Labute approximate surface area is 54.4 Å². The molecule has 0 heterocycles. The fourth-order valence-corrected chi connectivity index (χ4v) is 0. The molecule has 0 spiro atoms. The van der Waals surface area contributed by atoms with Gasteiger partial charge in [-0.1, -0.05) is 0 Å². The van der Waals surface area contributed by atoms with Crippen molar-refractivity contribution in [3.05, 3.63) is 6.92 Å². The van der Waals surface area contributed by atoms with Crippen LogP contribution in [0, 0.1) is 18.3 Å². The summed E-state index contributed by atoms with van der Waals surface area (Å²) in [6.45, 7) is 2.79. The van der Waals surface area contributed by atoms with Crippen molar-refractivity contribution in [1.82, 2.24) is 0 Å². The molecule has 0 bridgehead atoms. The van der Waals surface area contributed by atoms with Gasteiger partial charge in [0.1, 0.15) is 0 Å². The minimum absolute atomic E-state index is 0. The van der Waals surface area contributed by atoms with E-state index in [1.165, 1.54) is 6.07 Å². The van der Waals surface area contributed by atoms with Crippen LogP contribution in [-0.2, 0) is 17.1 Å². The van der Waals surface area contributed by atoms with E-state index in [4.69, 9.17) is 5.26 Å². The zero-order valence-electron chi connectivity index (χ0n) is 2.96. The van der Waals surface area contributed by atoms with Crippen molar-refractivity contribution in [3.8, 4) is 6.07 Å². The molecule has 0 N–H and O–H groups in total. The van der Waals surface area contributed by atoms with Gasteiger partial charge < -0.3 is 6.92 Å². The molecule has 0 aliphatic rings. The second-order valence-electron chi connectivity index (χ2n) is 0.158. The minimum atomic E-state index is 0. The smallest absolute Gasteiger partial charge is 0.305 e. The SMILES string of the molecule is [CH2-]C#N.[Cu+].[Li]. The van der Waals surface area contributed by atoms with Crippen LogP contribution in [0.3, 0.4) is 0 Å². The molecule has 0 aromatic rings. The van der Waals surface area contributed by atoms with Gasteiger partial charge in [-0.2, -0.15) is 0 Å². The Morgan fingerprint density at radius 3 is 1.60 bits per heavy atom. The molecule has 1 nitrogen and oxygen atoms in total. The van der Waals surface area contributed by atoms with Crippen LogP contribution in [0.15, 0.2) is 0 Å². The van der Waals surface area contributed by atoms with Gasteiger partial charge in [0.05, 0.1) is 0 Å². The van der Waals surface area contributed by atoms with Gasteiger partial charge in [0.2, 0.25) is 0 Å². The molecule has 0 atom stereocenters. The van der Waals surface area contributed by atoms with E-state index in [1.54, 1.807) is 0 Å². The van der Waals surface area contributed by atoms with Crippen molar-refractivity contribution in [1.29, 1.82) is 5.26 Å². The summed E-state index contributed by atoms with van der Waals surface area (Å²) in [4.78, 5) is 0. The monoisotopic (exact) mass is 110 g/mol. The summed E-state index contributed by atoms with van der Waals surface area (Å²) in [5.41, 5.74) is 0. The molecule has 0 aromatic carbocycles. The summed E-state index contributed by atoms with van der Waals surface area (Å²) in [6.07, 6.45) is 0. The van der Waals surface area contributed by atoms with Crippen LogP contribution >= 0.6 is 0 Å². The second kappa shape index (κ2) is 24.8. The van der Waals surface area contributed by atoms with Gasteiger partial charge in [-0.15, -0.1) is 6.07 Å². The van der Waals surface area contributed by atoms with Gasteiger partial charge in [0.25, 0.3) is 0 Å². The van der Waals surface area contributed by atoms with Crippen LogP contribution in [0.25, 0.3) is 0 Å². The molecule has 0 rings (SSSR count). The van der Waals surface area contributed by atoms with E-state index in [1.807, 2.05) is 0 Å². The Kier molecular flexibility index (Phi) is 88.8. The average molecular weight is 111 g/mol. The molecular weight excluding hydrogens is 109 g/mol. The molecule has 0 saturated carbocycles. The van der Waals surface area contributed by atoms with Crippen LogP contribution in [0.2, 0.25) is 0 Å². The molecule has 0 saturated heterocycles. The molecule has 1 radical (unpaired) electrons. The van der Waals surface area contributed by atoms with Gasteiger partial charge in [-0.3, -0.25) is 0 Å². The van der Waals surface area contributed by atoms with Crippen LogP contribution in [0.1, 0.15) is 0 Å². The Morgan fingerprint density at radius 2 is 1.60 bits per heavy atom. The molecule has 0 amide bonds. The minimum Gasteiger partial charge on any atom is -0.305 e. The number of rotatable bonds is 0. The van der Waals surface area contributed by atoms with E-state index in [0.717, 1.165) is 0 Å². The standard InChI is InChI=1S/C2H2N.Cu.Li/c1-2-3;;/h1H2;;/q-1;+1;. The van der Waals surface area contributed by atoms with E-state index in [9.17, 15) is 0 Å². The van der Waals surface area contributed by atoms with Crippen molar-refractivity contribution in [2.24, 2.45) is 0 Å². The van der Waals surface area contributed by atoms with E-state index >= 15 is 0 Å². The molecule has 27 valence electrons. The summed E-state index contributed by atoms with van der Waals surface area (Å²) < 4.78 is 0. The first-order valence-corrected chi connectivity index (χ1v) is 0.577. The number of hydrogen-bond donors (Lipinski definition) is 0. The van der Waals surface area contributed by atoms with Gasteiger partial charge in [0.15, 0.2) is 0 Å². The second-order valence-corrected chi connectivity index (χ2v) is 0.158. The van der Waals surface area contributed by atoms with Crippen molar-refractivity contribution in [3.63, 3.8) is 0 Å². The zero-order chi connectivity index (χ0) is 2.71. The fraction of sp³-hybridized carbons (Fsp3) is 0. The third-order valence-corrected chi connectivity index (χ3v) is 0. The Hall–Kier alpha value is 0.477. The summed E-state index contributed by atoms with van der Waals surface area (Å²) in [5.74, 6) is 0. The zero-order valence-corrected chi connectivity index (χ0v) is 3.90. The largest absolute Gasteiger partial charge is 1.00 e. The average Bonchev–Trinajstić information content (AvgIpc) is 0.918. The molecule has 0 aromatic heterocycles. The number of hydrogen-bond acceptors (Lipinski definition) is 1. The van der Waals surface area contributed by atoms with Crippen LogP contribution in [-0.4, -0.2) is 18.9 Å².